The fourth-order valence-electron chi connectivity index (χ4n) is 4.01. The highest BCUT2D eigenvalue weighted by molar-refractivity contribution is 5.85. The molecule has 3 heterocycles. The quantitative estimate of drug-likeness (QED) is 0.607. The molecule has 2 amide bonds. The predicted molar refractivity (Wildman–Crippen MR) is 106 cm³/mol. The number of hydrogen-bond acceptors (Lipinski definition) is 4. The number of likely N-dealkylation sites (N-methyl/N-ethyl adjacent to an activating group) is 1. The van der Waals surface area contributed by atoms with E-state index in [0.29, 0.717) is 18.8 Å². The molecule has 0 radical (unpaired) electrons. The van der Waals surface area contributed by atoms with Crippen LogP contribution in [0.2, 0.25) is 0 Å². The Morgan fingerprint density at radius 3 is 2.86 bits per heavy atom. The van der Waals surface area contributed by atoms with Gasteiger partial charge in [-0.25, -0.2) is 9.97 Å². The third kappa shape index (κ3) is 3.72. The van der Waals surface area contributed by atoms with Gasteiger partial charge in [-0.15, -0.1) is 0 Å². The molecule has 3 aromatic heterocycles. The van der Waals surface area contributed by atoms with Crippen molar-refractivity contribution in [3.05, 3.63) is 29.8 Å². The summed E-state index contributed by atoms with van der Waals surface area (Å²) in [6, 6.07) is 0. The topological polar surface area (TPSA) is 104 Å². The Labute approximate surface area is 163 Å². The average molecular weight is 382 g/mol. The average Bonchev–Trinajstić information content (AvgIpc) is 3.34. The fourth-order valence-corrected chi connectivity index (χ4v) is 4.01. The summed E-state index contributed by atoms with van der Waals surface area (Å²) in [6.45, 7) is 0.00128. The smallest absolute Gasteiger partial charge is 0.239 e. The molecule has 3 aromatic rings. The van der Waals surface area contributed by atoms with Crippen LogP contribution in [0.15, 0.2) is 18.6 Å². The maximum absolute atomic E-state index is 12.0. The number of nitrogens with zero attached hydrogens (tertiary/aromatic N) is 3. The largest absolute Gasteiger partial charge is 0.358 e. The lowest BCUT2D eigenvalue weighted by Crippen LogP contribution is -2.35. The number of nitrogens with one attached hydrogen (secondary N) is 3. The number of aromatic amines is 1. The second kappa shape index (κ2) is 8.00. The molecular formula is C20H26N6O2. The Balaban J connectivity index is 1.54. The lowest BCUT2D eigenvalue weighted by molar-refractivity contribution is -0.125. The molecule has 8 heteroatoms. The first-order valence-corrected chi connectivity index (χ1v) is 9.97. The van der Waals surface area contributed by atoms with Crippen LogP contribution in [0.3, 0.4) is 0 Å². The number of imidazole rings is 1. The highest BCUT2D eigenvalue weighted by Gasteiger charge is 2.20. The van der Waals surface area contributed by atoms with E-state index < -0.39 is 0 Å². The van der Waals surface area contributed by atoms with Gasteiger partial charge < -0.3 is 15.6 Å². The highest BCUT2D eigenvalue weighted by atomic mass is 16.2. The number of carbonyl (C=O) groups is 2. The third-order valence-corrected chi connectivity index (χ3v) is 5.58. The van der Waals surface area contributed by atoms with Crippen LogP contribution in [-0.4, -0.2) is 44.8 Å². The minimum atomic E-state index is -0.208. The molecule has 0 unspecified atom stereocenters. The van der Waals surface area contributed by atoms with Crippen molar-refractivity contribution in [2.45, 2.75) is 50.9 Å². The normalized spacial score (nSPS) is 15.2. The molecule has 1 fully saturated rings. The molecule has 148 valence electrons. The zero-order chi connectivity index (χ0) is 19.5. The van der Waals surface area contributed by atoms with Crippen molar-refractivity contribution >= 4 is 28.6 Å². The Hall–Kier alpha value is -2.90. The van der Waals surface area contributed by atoms with Crippen molar-refractivity contribution in [2.24, 2.45) is 0 Å². The number of hydrogen-bond donors (Lipinski definition) is 3. The van der Waals surface area contributed by atoms with Crippen LogP contribution < -0.4 is 10.6 Å². The van der Waals surface area contributed by atoms with E-state index in [1.165, 1.54) is 32.1 Å². The van der Waals surface area contributed by atoms with Crippen LogP contribution in [0.1, 0.15) is 55.7 Å². The molecular weight excluding hydrogens is 356 g/mol. The molecule has 28 heavy (non-hydrogen) atoms. The molecule has 0 bridgehead atoms. The van der Waals surface area contributed by atoms with E-state index in [-0.39, 0.29) is 18.4 Å². The molecule has 3 N–H and O–H groups in total. The number of H-pyrrole nitrogens is 1. The molecule has 8 nitrogen and oxygen atoms in total. The van der Waals surface area contributed by atoms with Gasteiger partial charge in [0.2, 0.25) is 11.8 Å². The first-order chi connectivity index (χ1) is 13.7. The molecule has 1 aliphatic carbocycles. The van der Waals surface area contributed by atoms with Gasteiger partial charge in [-0.2, -0.15) is 0 Å². The minimum Gasteiger partial charge on any atom is -0.358 e. The number of aryl methyl sites for hydroxylation is 1. The van der Waals surface area contributed by atoms with Gasteiger partial charge in [-0.1, -0.05) is 19.3 Å². The molecule has 0 atom stereocenters. The van der Waals surface area contributed by atoms with Crippen LogP contribution in [0.4, 0.5) is 0 Å². The van der Waals surface area contributed by atoms with Crippen molar-refractivity contribution in [1.29, 1.82) is 0 Å². The van der Waals surface area contributed by atoms with Crippen LogP contribution in [0.5, 0.6) is 0 Å². The van der Waals surface area contributed by atoms with Crippen LogP contribution in [0, 0.1) is 0 Å². The number of rotatable bonds is 6. The van der Waals surface area contributed by atoms with Crippen LogP contribution in [-0.2, 0) is 16.0 Å². The first kappa shape index (κ1) is 18.5. The van der Waals surface area contributed by atoms with Gasteiger partial charge in [-0.3, -0.25) is 14.0 Å². The molecule has 1 aliphatic rings. The van der Waals surface area contributed by atoms with E-state index in [1.54, 1.807) is 13.2 Å². The van der Waals surface area contributed by atoms with Gasteiger partial charge in [0.1, 0.15) is 0 Å². The highest BCUT2D eigenvalue weighted by Crippen LogP contribution is 2.32. The Morgan fingerprint density at radius 2 is 2.07 bits per heavy atom. The van der Waals surface area contributed by atoms with Gasteiger partial charge >= 0.3 is 0 Å². The third-order valence-electron chi connectivity index (χ3n) is 5.58. The maximum Gasteiger partial charge on any atom is 0.239 e. The summed E-state index contributed by atoms with van der Waals surface area (Å²) in [6.07, 6.45) is 13.0. The second-order valence-electron chi connectivity index (χ2n) is 7.45. The summed E-state index contributed by atoms with van der Waals surface area (Å²) in [5.74, 6) is 0.174. The number of aromatic nitrogens is 4. The summed E-state index contributed by atoms with van der Waals surface area (Å²) in [5.41, 5.74) is 4.78. The lowest BCUT2D eigenvalue weighted by Gasteiger charge is -2.19. The SMILES string of the molecule is CNC(=O)CNC(=O)CCc1c[nH]c2ncc3nc(C4CCCCC4)cn3c12. The van der Waals surface area contributed by atoms with Gasteiger partial charge in [0.15, 0.2) is 11.3 Å². The second-order valence-corrected chi connectivity index (χ2v) is 7.45. The Kier molecular flexibility index (Phi) is 5.27. The van der Waals surface area contributed by atoms with Crippen molar-refractivity contribution in [1.82, 2.24) is 30.0 Å². The van der Waals surface area contributed by atoms with Gasteiger partial charge in [0.05, 0.1) is 24.0 Å². The number of amides is 2. The van der Waals surface area contributed by atoms with Crippen LogP contribution in [0.25, 0.3) is 16.8 Å². The van der Waals surface area contributed by atoms with E-state index in [1.807, 2.05) is 6.20 Å². The summed E-state index contributed by atoms with van der Waals surface area (Å²) in [5, 5.41) is 5.12. The van der Waals surface area contributed by atoms with E-state index in [4.69, 9.17) is 4.98 Å². The molecule has 0 saturated heterocycles. The summed E-state index contributed by atoms with van der Waals surface area (Å²) >= 11 is 0. The minimum absolute atomic E-state index is 0.00128. The molecule has 0 spiro atoms. The summed E-state index contributed by atoms with van der Waals surface area (Å²) in [4.78, 5) is 35.8. The Bertz CT molecular complexity index is 999. The van der Waals surface area contributed by atoms with E-state index in [9.17, 15) is 9.59 Å². The Morgan fingerprint density at radius 1 is 1.25 bits per heavy atom. The van der Waals surface area contributed by atoms with Crippen molar-refractivity contribution < 1.29 is 9.59 Å². The maximum atomic E-state index is 12.0. The zero-order valence-electron chi connectivity index (χ0n) is 16.1. The summed E-state index contributed by atoms with van der Waals surface area (Å²) < 4.78 is 2.10. The van der Waals surface area contributed by atoms with Gasteiger partial charge in [0.25, 0.3) is 0 Å². The van der Waals surface area contributed by atoms with Crippen LogP contribution >= 0.6 is 0 Å². The predicted octanol–water partition coefficient (Wildman–Crippen LogP) is 2.05. The lowest BCUT2D eigenvalue weighted by atomic mass is 9.87. The molecule has 1 saturated carbocycles. The molecule has 0 aliphatic heterocycles. The van der Waals surface area contributed by atoms with E-state index >= 15 is 0 Å². The van der Waals surface area contributed by atoms with Crippen molar-refractivity contribution in [3.63, 3.8) is 0 Å². The van der Waals surface area contributed by atoms with E-state index in [0.717, 1.165) is 28.1 Å². The monoisotopic (exact) mass is 382 g/mol. The van der Waals surface area contributed by atoms with Gasteiger partial charge in [-0.05, 0) is 24.8 Å². The molecule has 0 aromatic carbocycles. The van der Waals surface area contributed by atoms with Gasteiger partial charge in [0, 0.05) is 31.8 Å². The summed E-state index contributed by atoms with van der Waals surface area (Å²) in [7, 11) is 1.55. The van der Waals surface area contributed by atoms with Crippen molar-refractivity contribution in [2.75, 3.05) is 13.6 Å². The number of fused-ring (bicyclic) bond motifs is 3. The van der Waals surface area contributed by atoms with E-state index in [2.05, 4.69) is 31.2 Å². The fraction of sp³-hybridized carbons (Fsp3) is 0.500. The first-order valence-electron chi connectivity index (χ1n) is 9.97. The zero-order valence-corrected chi connectivity index (χ0v) is 16.1. The molecule has 4 rings (SSSR count). The number of carbonyl (C=O) groups excluding carboxylic acids is 2. The van der Waals surface area contributed by atoms with Crippen molar-refractivity contribution in [3.8, 4) is 0 Å². The standard InChI is InChI=1S/C20H26N6O2/c1-21-18(28)11-22-17(27)8-7-14-9-23-20-19(14)26-12-15(25-16(26)10-24-20)13-5-3-2-4-6-13/h9-10,12-13,23H,2-8,11H2,1H3,(H,21,28)(H,22,27).